The fourth-order valence-corrected chi connectivity index (χ4v) is 3.04. The van der Waals surface area contributed by atoms with Gasteiger partial charge in [-0.25, -0.2) is 9.50 Å². The molecule has 0 aliphatic heterocycles. The molecule has 0 bridgehead atoms. The Morgan fingerprint density at radius 3 is 2.83 bits per heavy atom. The summed E-state index contributed by atoms with van der Waals surface area (Å²) >= 11 is 3.47. The van der Waals surface area contributed by atoms with Crippen molar-refractivity contribution in [2.45, 2.75) is 38.1 Å². The molecule has 2 aromatic heterocycles. The van der Waals surface area contributed by atoms with Gasteiger partial charge in [0.25, 0.3) is 0 Å². The number of halogens is 1. The van der Waals surface area contributed by atoms with Crippen LogP contribution in [-0.2, 0) is 0 Å². The Balaban J connectivity index is 1.90. The van der Waals surface area contributed by atoms with E-state index in [0.717, 1.165) is 16.1 Å². The summed E-state index contributed by atoms with van der Waals surface area (Å²) in [5.74, 6) is 1.02. The summed E-state index contributed by atoms with van der Waals surface area (Å²) in [6.07, 6.45) is 8.40. The van der Waals surface area contributed by atoms with Crippen LogP contribution in [-0.4, -0.2) is 27.7 Å². The maximum Gasteiger partial charge on any atom is 0.154 e. The normalized spacial score (nSPS) is 17.2. The summed E-state index contributed by atoms with van der Waals surface area (Å²) in [5.41, 5.74) is 0.877. The molecule has 1 saturated carbocycles. The number of hydrogen-bond donors (Lipinski definition) is 0. The third kappa shape index (κ3) is 2.11. The lowest BCUT2D eigenvalue weighted by Crippen LogP contribution is -2.34. The maximum absolute atomic E-state index is 4.64. The summed E-state index contributed by atoms with van der Waals surface area (Å²) < 4.78 is 2.74. The van der Waals surface area contributed by atoms with E-state index in [-0.39, 0.29) is 0 Å². The summed E-state index contributed by atoms with van der Waals surface area (Å²) in [4.78, 5) is 6.58. The minimum Gasteiger partial charge on any atom is -0.355 e. The van der Waals surface area contributed by atoms with Crippen molar-refractivity contribution in [3.8, 4) is 0 Å². The number of rotatable bonds is 2. The van der Waals surface area contributed by atoms with Crippen molar-refractivity contribution in [1.82, 2.24) is 14.6 Å². The molecule has 0 saturated heterocycles. The van der Waals surface area contributed by atoms with Crippen LogP contribution in [0.2, 0.25) is 0 Å². The first-order valence-electron chi connectivity index (χ1n) is 6.49. The van der Waals surface area contributed by atoms with E-state index in [1.165, 1.54) is 32.1 Å². The molecule has 0 amide bonds. The highest BCUT2D eigenvalue weighted by Crippen LogP contribution is 2.25. The second kappa shape index (κ2) is 4.88. The summed E-state index contributed by atoms with van der Waals surface area (Å²) in [6.45, 7) is 0. The standard InChI is InChI=1S/C13H17BrN4/c1-17(10-5-3-2-4-6-10)13-8-7-12-15-9-11(14)18(12)16-13/h7-10H,2-6H2,1H3. The molecule has 3 rings (SSSR count). The van der Waals surface area contributed by atoms with Gasteiger partial charge in [0, 0.05) is 13.1 Å². The fraction of sp³-hybridized carbons (Fsp3) is 0.538. The van der Waals surface area contributed by atoms with E-state index >= 15 is 0 Å². The third-order valence-electron chi connectivity index (χ3n) is 3.79. The van der Waals surface area contributed by atoms with E-state index < -0.39 is 0 Å². The van der Waals surface area contributed by atoms with E-state index in [1.807, 2.05) is 10.6 Å². The highest BCUT2D eigenvalue weighted by Gasteiger charge is 2.19. The van der Waals surface area contributed by atoms with Crippen LogP contribution in [0.1, 0.15) is 32.1 Å². The van der Waals surface area contributed by atoms with Crippen molar-refractivity contribution in [2.24, 2.45) is 0 Å². The van der Waals surface area contributed by atoms with Gasteiger partial charge in [-0.15, -0.1) is 5.10 Å². The Kier molecular flexibility index (Phi) is 3.24. The van der Waals surface area contributed by atoms with E-state index in [9.17, 15) is 0 Å². The van der Waals surface area contributed by atoms with Crippen LogP contribution < -0.4 is 4.90 Å². The maximum atomic E-state index is 4.64. The predicted molar refractivity (Wildman–Crippen MR) is 76.0 cm³/mol. The van der Waals surface area contributed by atoms with Crippen molar-refractivity contribution in [2.75, 3.05) is 11.9 Å². The van der Waals surface area contributed by atoms with Gasteiger partial charge in [0.05, 0.1) is 6.20 Å². The Hall–Kier alpha value is -1.10. The Morgan fingerprint density at radius 2 is 2.06 bits per heavy atom. The van der Waals surface area contributed by atoms with Gasteiger partial charge in [-0.05, 0) is 40.9 Å². The molecule has 0 atom stereocenters. The van der Waals surface area contributed by atoms with E-state index in [4.69, 9.17) is 0 Å². The molecule has 0 spiro atoms. The topological polar surface area (TPSA) is 33.4 Å². The van der Waals surface area contributed by atoms with Crippen molar-refractivity contribution in [1.29, 1.82) is 0 Å². The number of imidazole rings is 1. The lowest BCUT2D eigenvalue weighted by atomic mass is 9.94. The summed E-state index contributed by atoms with van der Waals surface area (Å²) in [5, 5.41) is 4.64. The minimum absolute atomic E-state index is 0.631. The van der Waals surface area contributed by atoms with E-state index in [0.29, 0.717) is 6.04 Å². The second-order valence-electron chi connectivity index (χ2n) is 4.95. The molecule has 1 fully saturated rings. The lowest BCUT2D eigenvalue weighted by molar-refractivity contribution is 0.425. The van der Waals surface area contributed by atoms with Crippen LogP contribution in [0.5, 0.6) is 0 Å². The number of fused-ring (bicyclic) bond motifs is 1. The first-order valence-corrected chi connectivity index (χ1v) is 7.28. The van der Waals surface area contributed by atoms with Gasteiger partial charge in [0.15, 0.2) is 5.65 Å². The molecule has 5 heteroatoms. The molecule has 18 heavy (non-hydrogen) atoms. The number of aromatic nitrogens is 3. The van der Waals surface area contributed by atoms with Gasteiger partial charge in [0.2, 0.25) is 0 Å². The van der Waals surface area contributed by atoms with Gasteiger partial charge in [-0.3, -0.25) is 0 Å². The fourth-order valence-electron chi connectivity index (χ4n) is 2.68. The van der Waals surface area contributed by atoms with Crippen LogP contribution in [0.15, 0.2) is 22.9 Å². The second-order valence-corrected chi connectivity index (χ2v) is 5.76. The average molecular weight is 309 g/mol. The highest BCUT2D eigenvalue weighted by molar-refractivity contribution is 9.10. The Morgan fingerprint density at radius 1 is 1.28 bits per heavy atom. The first kappa shape index (κ1) is 12.0. The van der Waals surface area contributed by atoms with Gasteiger partial charge in [0.1, 0.15) is 10.4 Å². The Bertz CT molecular complexity index is 545. The average Bonchev–Trinajstić information content (AvgIpc) is 2.80. The quantitative estimate of drug-likeness (QED) is 0.854. The van der Waals surface area contributed by atoms with Gasteiger partial charge in [-0.1, -0.05) is 19.3 Å². The Labute approximate surface area is 115 Å². The summed E-state index contributed by atoms with van der Waals surface area (Å²) in [6, 6.07) is 4.71. The van der Waals surface area contributed by atoms with Crippen LogP contribution in [0.4, 0.5) is 5.82 Å². The number of anilines is 1. The van der Waals surface area contributed by atoms with Crippen molar-refractivity contribution in [3.63, 3.8) is 0 Å². The lowest BCUT2D eigenvalue weighted by Gasteiger charge is -2.31. The predicted octanol–water partition coefficient (Wildman–Crippen LogP) is 3.26. The van der Waals surface area contributed by atoms with Crippen LogP contribution in [0.3, 0.4) is 0 Å². The number of nitrogens with zero attached hydrogens (tertiary/aromatic N) is 4. The monoisotopic (exact) mass is 308 g/mol. The van der Waals surface area contributed by atoms with Crippen LogP contribution in [0, 0.1) is 0 Å². The zero-order chi connectivity index (χ0) is 12.5. The molecule has 4 nitrogen and oxygen atoms in total. The van der Waals surface area contributed by atoms with Crippen molar-refractivity contribution < 1.29 is 0 Å². The molecule has 0 radical (unpaired) electrons. The molecular formula is C13H17BrN4. The molecule has 1 aliphatic rings. The first-order chi connectivity index (χ1) is 8.75. The van der Waals surface area contributed by atoms with Crippen LogP contribution in [0.25, 0.3) is 5.65 Å². The zero-order valence-corrected chi connectivity index (χ0v) is 12.1. The SMILES string of the molecule is CN(c1ccc2ncc(Br)n2n1)C1CCCCC1. The minimum atomic E-state index is 0.631. The van der Waals surface area contributed by atoms with Crippen LogP contribution >= 0.6 is 15.9 Å². The molecule has 2 aromatic rings. The number of hydrogen-bond acceptors (Lipinski definition) is 3. The third-order valence-corrected chi connectivity index (χ3v) is 4.33. The largest absolute Gasteiger partial charge is 0.355 e. The molecule has 0 N–H and O–H groups in total. The molecule has 1 aliphatic carbocycles. The molecular weight excluding hydrogens is 292 g/mol. The molecule has 2 heterocycles. The zero-order valence-electron chi connectivity index (χ0n) is 10.5. The van der Waals surface area contributed by atoms with Gasteiger partial charge in [-0.2, -0.15) is 0 Å². The molecule has 0 unspecified atom stereocenters. The van der Waals surface area contributed by atoms with E-state index in [1.54, 1.807) is 6.20 Å². The van der Waals surface area contributed by atoms with Gasteiger partial charge >= 0.3 is 0 Å². The molecule has 0 aromatic carbocycles. The molecule has 96 valence electrons. The van der Waals surface area contributed by atoms with Gasteiger partial charge < -0.3 is 4.90 Å². The van der Waals surface area contributed by atoms with Crippen molar-refractivity contribution >= 4 is 27.4 Å². The smallest absolute Gasteiger partial charge is 0.154 e. The van der Waals surface area contributed by atoms with Crippen molar-refractivity contribution in [3.05, 3.63) is 22.9 Å². The summed E-state index contributed by atoms with van der Waals surface area (Å²) in [7, 11) is 2.15. The van der Waals surface area contributed by atoms with E-state index in [2.05, 4.69) is 44.0 Å². The highest BCUT2D eigenvalue weighted by atomic mass is 79.9.